The SMILES string of the molecule is NCc1cccc(Br)c1OCc1cc(F)ccc1Cl. The van der Waals surface area contributed by atoms with Crippen LogP contribution in [0.1, 0.15) is 11.1 Å². The third-order valence-corrected chi connectivity index (χ3v) is 3.64. The highest BCUT2D eigenvalue weighted by molar-refractivity contribution is 9.10. The van der Waals surface area contributed by atoms with Crippen molar-refractivity contribution in [3.8, 4) is 5.75 Å². The maximum Gasteiger partial charge on any atom is 0.138 e. The largest absolute Gasteiger partial charge is 0.487 e. The van der Waals surface area contributed by atoms with Gasteiger partial charge in [-0.25, -0.2) is 4.39 Å². The van der Waals surface area contributed by atoms with Gasteiger partial charge in [-0.2, -0.15) is 0 Å². The molecule has 2 N–H and O–H groups in total. The summed E-state index contributed by atoms with van der Waals surface area (Å²) in [5.74, 6) is 0.319. The Bertz CT molecular complexity index is 592. The second-order valence-corrected chi connectivity index (χ2v) is 5.22. The molecule has 0 amide bonds. The van der Waals surface area contributed by atoms with Crippen LogP contribution in [0.5, 0.6) is 5.75 Å². The van der Waals surface area contributed by atoms with Gasteiger partial charge in [0.15, 0.2) is 0 Å². The van der Waals surface area contributed by atoms with Crippen molar-refractivity contribution in [1.29, 1.82) is 0 Å². The lowest BCUT2D eigenvalue weighted by Crippen LogP contribution is -2.04. The molecule has 0 unspecified atom stereocenters. The molecule has 0 fully saturated rings. The topological polar surface area (TPSA) is 35.2 Å². The number of para-hydroxylation sites is 1. The molecule has 19 heavy (non-hydrogen) atoms. The van der Waals surface area contributed by atoms with Crippen molar-refractivity contribution in [2.45, 2.75) is 13.2 Å². The van der Waals surface area contributed by atoms with Crippen LogP contribution in [0.3, 0.4) is 0 Å². The van der Waals surface area contributed by atoms with Crippen LogP contribution >= 0.6 is 27.5 Å². The lowest BCUT2D eigenvalue weighted by Gasteiger charge is -2.13. The van der Waals surface area contributed by atoms with E-state index in [1.807, 2.05) is 18.2 Å². The van der Waals surface area contributed by atoms with Crippen molar-refractivity contribution in [3.63, 3.8) is 0 Å². The third kappa shape index (κ3) is 3.47. The van der Waals surface area contributed by atoms with Gasteiger partial charge in [-0.05, 0) is 40.2 Å². The van der Waals surface area contributed by atoms with Gasteiger partial charge < -0.3 is 10.5 Å². The molecule has 5 heteroatoms. The number of ether oxygens (including phenoxy) is 1. The number of benzene rings is 2. The van der Waals surface area contributed by atoms with Crippen molar-refractivity contribution in [3.05, 3.63) is 62.8 Å². The zero-order chi connectivity index (χ0) is 13.8. The summed E-state index contributed by atoms with van der Waals surface area (Å²) in [6.45, 7) is 0.553. The molecule has 0 aromatic heterocycles. The molecule has 0 heterocycles. The van der Waals surface area contributed by atoms with Gasteiger partial charge in [0, 0.05) is 22.7 Å². The summed E-state index contributed by atoms with van der Waals surface area (Å²) in [6, 6.07) is 9.82. The van der Waals surface area contributed by atoms with E-state index >= 15 is 0 Å². The summed E-state index contributed by atoms with van der Waals surface area (Å²) < 4.78 is 19.7. The molecule has 0 aliphatic heterocycles. The summed E-state index contributed by atoms with van der Waals surface area (Å²) in [6.07, 6.45) is 0. The van der Waals surface area contributed by atoms with E-state index < -0.39 is 0 Å². The summed E-state index contributed by atoms with van der Waals surface area (Å²) in [5.41, 5.74) is 7.13. The minimum Gasteiger partial charge on any atom is -0.487 e. The number of hydrogen-bond donors (Lipinski definition) is 1. The van der Waals surface area contributed by atoms with Crippen molar-refractivity contribution in [1.82, 2.24) is 0 Å². The first kappa shape index (κ1) is 14.3. The lowest BCUT2D eigenvalue weighted by molar-refractivity contribution is 0.300. The Morgan fingerprint density at radius 3 is 2.74 bits per heavy atom. The van der Waals surface area contributed by atoms with E-state index in [1.165, 1.54) is 18.2 Å². The summed E-state index contributed by atoms with van der Waals surface area (Å²) in [7, 11) is 0. The molecule has 0 atom stereocenters. The zero-order valence-electron chi connectivity index (χ0n) is 10.00. The van der Waals surface area contributed by atoms with Crippen LogP contribution in [0.15, 0.2) is 40.9 Å². The Hall–Kier alpha value is -1.10. The van der Waals surface area contributed by atoms with Crippen LogP contribution in [0, 0.1) is 5.82 Å². The Kier molecular flexibility index (Phi) is 4.80. The van der Waals surface area contributed by atoms with Crippen LogP contribution in [-0.4, -0.2) is 0 Å². The first-order valence-corrected chi connectivity index (χ1v) is 6.83. The molecule has 100 valence electrons. The van der Waals surface area contributed by atoms with E-state index in [4.69, 9.17) is 22.1 Å². The molecule has 2 nitrogen and oxygen atoms in total. The number of hydrogen-bond acceptors (Lipinski definition) is 2. The summed E-state index contributed by atoms with van der Waals surface area (Å²) in [4.78, 5) is 0. The van der Waals surface area contributed by atoms with Gasteiger partial charge in [0.25, 0.3) is 0 Å². The molecule has 0 saturated carbocycles. The molecule has 2 rings (SSSR count). The molecule has 0 radical (unpaired) electrons. The van der Waals surface area contributed by atoms with E-state index in [0.29, 0.717) is 22.9 Å². The Morgan fingerprint density at radius 2 is 2.00 bits per heavy atom. The van der Waals surface area contributed by atoms with Crippen LogP contribution in [0.2, 0.25) is 5.02 Å². The van der Waals surface area contributed by atoms with Gasteiger partial charge in [0.05, 0.1) is 4.47 Å². The molecule has 2 aromatic rings. The normalized spacial score (nSPS) is 10.5. The number of nitrogens with two attached hydrogens (primary N) is 1. The molecule has 0 saturated heterocycles. The molecule has 0 aliphatic rings. The molecular weight excluding hydrogens is 333 g/mol. The first-order chi connectivity index (χ1) is 9.11. The van der Waals surface area contributed by atoms with Crippen molar-refractivity contribution in [2.75, 3.05) is 0 Å². The second-order valence-electron chi connectivity index (χ2n) is 3.96. The van der Waals surface area contributed by atoms with Gasteiger partial charge in [0.1, 0.15) is 18.2 Å². The van der Waals surface area contributed by atoms with Crippen LogP contribution in [-0.2, 0) is 13.2 Å². The average Bonchev–Trinajstić information content (AvgIpc) is 2.40. The van der Waals surface area contributed by atoms with E-state index in [9.17, 15) is 4.39 Å². The summed E-state index contributed by atoms with van der Waals surface area (Å²) >= 11 is 9.40. The maximum atomic E-state index is 13.2. The highest BCUT2D eigenvalue weighted by atomic mass is 79.9. The smallest absolute Gasteiger partial charge is 0.138 e. The first-order valence-electron chi connectivity index (χ1n) is 5.66. The van der Waals surface area contributed by atoms with Gasteiger partial charge in [-0.3, -0.25) is 0 Å². The Morgan fingerprint density at radius 1 is 1.21 bits per heavy atom. The van der Waals surface area contributed by atoms with E-state index in [-0.39, 0.29) is 12.4 Å². The van der Waals surface area contributed by atoms with Gasteiger partial charge in [0.2, 0.25) is 0 Å². The fourth-order valence-corrected chi connectivity index (χ4v) is 2.37. The van der Waals surface area contributed by atoms with E-state index in [0.717, 1.165) is 10.0 Å². The Labute approximate surface area is 124 Å². The Balaban J connectivity index is 2.21. The predicted molar refractivity (Wildman–Crippen MR) is 77.8 cm³/mol. The molecular formula is C14H12BrClFNO. The lowest BCUT2D eigenvalue weighted by atomic mass is 10.2. The van der Waals surface area contributed by atoms with Gasteiger partial charge >= 0.3 is 0 Å². The average molecular weight is 345 g/mol. The van der Waals surface area contributed by atoms with Crippen LogP contribution in [0.25, 0.3) is 0 Å². The zero-order valence-corrected chi connectivity index (χ0v) is 12.3. The van der Waals surface area contributed by atoms with E-state index in [2.05, 4.69) is 15.9 Å². The monoisotopic (exact) mass is 343 g/mol. The van der Waals surface area contributed by atoms with Crippen LogP contribution in [0.4, 0.5) is 4.39 Å². The van der Waals surface area contributed by atoms with E-state index in [1.54, 1.807) is 0 Å². The van der Waals surface area contributed by atoms with Gasteiger partial charge in [-0.15, -0.1) is 0 Å². The fourth-order valence-electron chi connectivity index (χ4n) is 1.68. The highest BCUT2D eigenvalue weighted by Crippen LogP contribution is 2.30. The minimum absolute atomic E-state index is 0.187. The predicted octanol–water partition coefficient (Wildman–Crippen LogP) is 4.28. The summed E-state index contributed by atoms with van der Waals surface area (Å²) in [5, 5.41) is 0.475. The third-order valence-electron chi connectivity index (χ3n) is 2.65. The number of rotatable bonds is 4. The molecule has 0 spiro atoms. The molecule has 2 aromatic carbocycles. The van der Waals surface area contributed by atoms with Crippen LogP contribution < -0.4 is 10.5 Å². The van der Waals surface area contributed by atoms with Crippen molar-refractivity contribution in [2.24, 2.45) is 5.73 Å². The quantitative estimate of drug-likeness (QED) is 0.898. The number of halogens is 3. The van der Waals surface area contributed by atoms with Crippen molar-refractivity contribution < 1.29 is 9.13 Å². The second kappa shape index (κ2) is 6.37. The molecule has 0 aliphatic carbocycles. The highest BCUT2D eigenvalue weighted by Gasteiger charge is 2.09. The maximum absolute atomic E-state index is 13.2. The standard InChI is InChI=1S/C14H12BrClFNO/c15-12-3-1-2-9(7-18)14(12)19-8-10-6-11(17)4-5-13(10)16/h1-6H,7-8,18H2. The minimum atomic E-state index is -0.339. The fraction of sp³-hybridized carbons (Fsp3) is 0.143. The van der Waals surface area contributed by atoms with Crippen molar-refractivity contribution >= 4 is 27.5 Å². The molecule has 0 bridgehead atoms. The van der Waals surface area contributed by atoms with Gasteiger partial charge in [-0.1, -0.05) is 23.7 Å².